The Balaban J connectivity index is 3.04. The highest BCUT2D eigenvalue weighted by atomic mass is 16.1. The molecule has 0 aliphatic carbocycles. The molecule has 0 bridgehead atoms. The van der Waals surface area contributed by atoms with E-state index < -0.39 is 5.91 Å². The zero-order chi connectivity index (χ0) is 9.14. The van der Waals surface area contributed by atoms with Gasteiger partial charge in [-0.2, -0.15) is 0 Å². The van der Waals surface area contributed by atoms with E-state index in [0.717, 1.165) is 5.82 Å². The van der Waals surface area contributed by atoms with Crippen molar-refractivity contribution in [2.75, 3.05) is 19.0 Å². The van der Waals surface area contributed by atoms with Crippen LogP contribution in [-0.2, 0) is 0 Å². The van der Waals surface area contributed by atoms with Crippen LogP contribution in [0.1, 0.15) is 10.5 Å². The third-order valence-electron chi connectivity index (χ3n) is 1.45. The molecule has 0 aliphatic rings. The van der Waals surface area contributed by atoms with Gasteiger partial charge in [0.25, 0.3) is 5.91 Å². The molecule has 0 saturated carbocycles. The monoisotopic (exact) mass is 165 g/mol. The van der Waals surface area contributed by atoms with E-state index in [1.165, 1.54) is 0 Å². The molecule has 1 heterocycles. The van der Waals surface area contributed by atoms with Gasteiger partial charge >= 0.3 is 0 Å². The number of rotatable bonds is 2. The summed E-state index contributed by atoms with van der Waals surface area (Å²) in [4.78, 5) is 16.6. The minimum atomic E-state index is -0.501. The quantitative estimate of drug-likeness (QED) is 0.683. The molecule has 0 unspecified atom stereocenters. The summed E-state index contributed by atoms with van der Waals surface area (Å²) in [5.74, 6) is 0.227. The standard InChI is InChI=1S/C8H11N3O/c1-11(2)7-5-3-4-6(10-7)8(9)12/h3-5H,1-2H3,(H2,9,12). The first kappa shape index (κ1) is 8.52. The lowest BCUT2D eigenvalue weighted by Gasteiger charge is -2.10. The summed E-state index contributed by atoms with van der Waals surface area (Å²) in [6.45, 7) is 0. The molecular weight excluding hydrogens is 154 g/mol. The molecule has 1 aromatic rings. The van der Waals surface area contributed by atoms with Crippen molar-refractivity contribution in [1.82, 2.24) is 4.98 Å². The van der Waals surface area contributed by atoms with Gasteiger partial charge in [-0.3, -0.25) is 4.79 Å². The Hall–Kier alpha value is -1.58. The molecule has 0 radical (unpaired) electrons. The molecule has 2 N–H and O–H groups in total. The number of hydrogen-bond acceptors (Lipinski definition) is 3. The van der Waals surface area contributed by atoms with Crippen molar-refractivity contribution in [3.05, 3.63) is 23.9 Å². The van der Waals surface area contributed by atoms with Crippen LogP contribution in [0, 0.1) is 0 Å². The number of primary amides is 1. The molecule has 64 valence electrons. The predicted octanol–water partition coefficient (Wildman–Crippen LogP) is 0.247. The Bertz CT molecular complexity index is 296. The third-order valence-corrected chi connectivity index (χ3v) is 1.45. The smallest absolute Gasteiger partial charge is 0.267 e. The second-order valence-electron chi connectivity index (χ2n) is 2.64. The molecule has 0 aromatic carbocycles. The van der Waals surface area contributed by atoms with Gasteiger partial charge in [-0.1, -0.05) is 6.07 Å². The molecule has 4 nitrogen and oxygen atoms in total. The topological polar surface area (TPSA) is 59.2 Å². The van der Waals surface area contributed by atoms with Crippen LogP contribution in [0.5, 0.6) is 0 Å². The Labute approximate surface area is 71.0 Å². The number of amides is 1. The van der Waals surface area contributed by atoms with E-state index in [1.807, 2.05) is 25.1 Å². The maximum atomic E-state index is 10.7. The zero-order valence-corrected chi connectivity index (χ0v) is 7.11. The summed E-state index contributed by atoms with van der Waals surface area (Å²) in [5.41, 5.74) is 5.36. The van der Waals surface area contributed by atoms with E-state index in [-0.39, 0.29) is 0 Å². The van der Waals surface area contributed by atoms with Crippen LogP contribution in [0.4, 0.5) is 5.82 Å². The largest absolute Gasteiger partial charge is 0.364 e. The minimum Gasteiger partial charge on any atom is -0.364 e. The van der Waals surface area contributed by atoms with Gasteiger partial charge in [-0.15, -0.1) is 0 Å². The molecular formula is C8H11N3O. The normalized spacial score (nSPS) is 9.50. The second kappa shape index (κ2) is 3.21. The van der Waals surface area contributed by atoms with Gasteiger partial charge < -0.3 is 10.6 Å². The summed E-state index contributed by atoms with van der Waals surface area (Å²) in [6, 6.07) is 5.16. The van der Waals surface area contributed by atoms with Crippen LogP contribution >= 0.6 is 0 Å². The fourth-order valence-electron chi connectivity index (χ4n) is 0.810. The van der Waals surface area contributed by atoms with Gasteiger partial charge in [0, 0.05) is 14.1 Å². The molecule has 0 aliphatic heterocycles. The van der Waals surface area contributed by atoms with Crippen molar-refractivity contribution >= 4 is 11.7 Å². The maximum absolute atomic E-state index is 10.7. The van der Waals surface area contributed by atoms with Crippen molar-refractivity contribution in [3.63, 3.8) is 0 Å². The average molecular weight is 165 g/mol. The first-order valence-corrected chi connectivity index (χ1v) is 3.55. The van der Waals surface area contributed by atoms with Crippen molar-refractivity contribution in [3.8, 4) is 0 Å². The molecule has 0 fully saturated rings. The van der Waals surface area contributed by atoms with Crippen LogP contribution in [0.25, 0.3) is 0 Å². The Kier molecular flexibility index (Phi) is 2.28. The fraction of sp³-hybridized carbons (Fsp3) is 0.250. The van der Waals surface area contributed by atoms with Crippen molar-refractivity contribution in [2.24, 2.45) is 5.73 Å². The maximum Gasteiger partial charge on any atom is 0.267 e. The molecule has 0 spiro atoms. The van der Waals surface area contributed by atoms with E-state index >= 15 is 0 Å². The number of pyridine rings is 1. The molecule has 1 aromatic heterocycles. The van der Waals surface area contributed by atoms with Gasteiger partial charge in [0.05, 0.1) is 0 Å². The summed E-state index contributed by atoms with van der Waals surface area (Å²) >= 11 is 0. The summed E-state index contributed by atoms with van der Waals surface area (Å²) in [7, 11) is 3.71. The first-order chi connectivity index (χ1) is 5.61. The minimum absolute atomic E-state index is 0.293. The average Bonchev–Trinajstić information content (AvgIpc) is 2.04. The third kappa shape index (κ3) is 1.72. The van der Waals surface area contributed by atoms with Crippen LogP contribution < -0.4 is 10.6 Å². The number of carbonyl (C=O) groups excluding carboxylic acids is 1. The summed E-state index contributed by atoms with van der Waals surface area (Å²) in [5, 5.41) is 0. The van der Waals surface area contributed by atoms with Crippen LogP contribution in [0.2, 0.25) is 0 Å². The SMILES string of the molecule is CN(C)c1cccc(C(N)=O)n1. The number of nitrogens with two attached hydrogens (primary N) is 1. The highest BCUT2D eigenvalue weighted by Crippen LogP contribution is 2.06. The Morgan fingerprint density at radius 2 is 2.17 bits per heavy atom. The highest BCUT2D eigenvalue weighted by molar-refractivity contribution is 5.91. The van der Waals surface area contributed by atoms with Gasteiger partial charge in [0.15, 0.2) is 0 Å². The van der Waals surface area contributed by atoms with Gasteiger partial charge in [0.1, 0.15) is 11.5 Å². The molecule has 1 amide bonds. The number of anilines is 1. The van der Waals surface area contributed by atoms with Gasteiger partial charge in [0.2, 0.25) is 0 Å². The number of aromatic nitrogens is 1. The Morgan fingerprint density at radius 1 is 1.50 bits per heavy atom. The van der Waals surface area contributed by atoms with Crippen molar-refractivity contribution in [2.45, 2.75) is 0 Å². The Morgan fingerprint density at radius 3 is 2.67 bits per heavy atom. The van der Waals surface area contributed by atoms with E-state index in [1.54, 1.807) is 12.1 Å². The summed E-state index contributed by atoms with van der Waals surface area (Å²) < 4.78 is 0. The highest BCUT2D eigenvalue weighted by Gasteiger charge is 2.03. The first-order valence-electron chi connectivity index (χ1n) is 3.55. The van der Waals surface area contributed by atoms with Crippen LogP contribution in [0.3, 0.4) is 0 Å². The molecule has 12 heavy (non-hydrogen) atoms. The van der Waals surface area contributed by atoms with Gasteiger partial charge in [-0.25, -0.2) is 4.98 Å². The lowest BCUT2D eigenvalue weighted by atomic mass is 10.3. The number of nitrogens with zero attached hydrogens (tertiary/aromatic N) is 2. The number of carbonyl (C=O) groups is 1. The van der Waals surface area contributed by atoms with E-state index in [2.05, 4.69) is 4.98 Å². The zero-order valence-electron chi connectivity index (χ0n) is 7.11. The fourth-order valence-corrected chi connectivity index (χ4v) is 0.810. The molecule has 4 heteroatoms. The summed E-state index contributed by atoms with van der Waals surface area (Å²) in [6.07, 6.45) is 0. The lowest BCUT2D eigenvalue weighted by Crippen LogP contribution is -2.16. The van der Waals surface area contributed by atoms with E-state index in [9.17, 15) is 4.79 Å². The molecule has 0 atom stereocenters. The molecule has 1 rings (SSSR count). The predicted molar refractivity (Wildman–Crippen MR) is 47.1 cm³/mol. The second-order valence-corrected chi connectivity index (χ2v) is 2.64. The van der Waals surface area contributed by atoms with Crippen molar-refractivity contribution < 1.29 is 4.79 Å². The van der Waals surface area contributed by atoms with Crippen molar-refractivity contribution in [1.29, 1.82) is 0 Å². The van der Waals surface area contributed by atoms with Gasteiger partial charge in [-0.05, 0) is 12.1 Å². The van der Waals surface area contributed by atoms with E-state index in [4.69, 9.17) is 5.73 Å². The van der Waals surface area contributed by atoms with E-state index in [0.29, 0.717) is 5.69 Å². The number of hydrogen-bond donors (Lipinski definition) is 1. The lowest BCUT2D eigenvalue weighted by molar-refractivity contribution is 0.0995. The molecule has 0 saturated heterocycles. The van der Waals surface area contributed by atoms with Crippen LogP contribution in [0.15, 0.2) is 18.2 Å². The van der Waals surface area contributed by atoms with Crippen LogP contribution in [-0.4, -0.2) is 25.0 Å².